The Labute approximate surface area is 155 Å². The van der Waals surface area contributed by atoms with Gasteiger partial charge in [-0.3, -0.25) is 9.69 Å². The van der Waals surface area contributed by atoms with Crippen LogP contribution >= 0.6 is 12.4 Å². The lowest BCUT2D eigenvalue weighted by Crippen LogP contribution is -2.36. The first-order chi connectivity index (χ1) is 11.4. The number of hydrogen-bond donors (Lipinski definition) is 1. The van der Waals surface area contributed by atoms with Crippen molar-refractivity contribution in [2.75, 3.05) is 27.2 Å². The van der Waals surface area contributed by atoms with Gasteiger partial charge in [0.2, 0.25) is 0 Å². The van der Waals surface area contributed by atoms with E-state index in [-0.39, 0.29) is 31.0 Å². The lowest BCUT2D eigenvalue weighted by molar-refractivity contribution is -0.123. The van der Waals surface area contributed by atoms with Crippen LogP contribution < -0.4 is 10.1 Å². The lowest BCUT2D eigenvalue weighted by atomic mass is 10.1. The number of hydrogen-bond acceptors (Lipinski definition) is 4. The zero-order valence-corrected chi connectivity index (χ0v) is 16.3. The number of carbonyl (C=O) groups is 1. The van der Waals surface area contributed by atoms with E-state index in [9.17, 15) is 4.79 Å². The van der Waals surface area contributed by atoms with Gasteiger partial charge in [0.1, 0.15) is 17.3 Å². The van der Waals surface area contributed by atoms with Crippen LogP contribution in [0.2, 0.25) is 0 Å². The number of para-hydroxylation sites is 1. The van der Waals surface area contributed by atoms with E-state index in [0.29, 0.717) is 6.54 Å². The summed E-state index contributed by atoms with van der Waals surface area (Å²) in [5.74, 6) is 2.33. The van der Waals surface area contributed by atoms with E-state index in [1.807, 2.05) is 70.1 Å². The van der Waals surface area contributed by atoms with Gasteiger partial charge < -0.3 is 14.5 Å². The maximum Gasteiger partial charge on any atom is 0.258 e. The van der Waals surface area contributed by atoms with E-state index in [1.165, 1.54) is 0 Å². The fourth-order valence-electron chi connectivity index (χ4n) is 2.60. The molecule has 138 valence electrons. The minimum Gasteiger partial charge on any atom is -0.483 e. The number of ether oxygens (including phenoxy) is 1. The number of benzene rings is 1. The van der Waals surface area contributed by atoms with Gasteiger partial charge in [-0.2, -0.15) is 0 Å². The number of aryl methyl sites for hydroxylation is 3. The van der Waals surface area contributed by atoms with Crippen LogP contribution in [0.25, 0.3) is 0 Å². The Hall–Kier alpha value is -1.98. The number of carbonyl (C=O) groups excluding carboxylic acids is 1. The molecule has 0 spiro atoms. The summed E-state index contributed by atoms with van der Waals surface area (Å²) < 4.78 is 11.4. The van der Waals surface area contributed by atoms with Crippen molar-refractivity contribution in [3.05, 3.63) is 53.0 Å². The van der Waals surface area contributed by atoms with Gasteiger partial charge in [-0.15, -0.1) is 12.4 Å². The molecule has 1 aromatic carbocycles. The minimum absolute atomic E-state index is 0. The van der Waals surface area contributed by atoms with Crippen molar-refractivity contribution in [2.45, 2.75) is 26.8 Å². The molecular weight excluding hydrogens is 340 g/mol. The Morgan fingerprint density at radius 1 is 1.16 bits per heavy atom. The van der Waals surface area contributed by atoms with E-state index < -0.39 is 0 Å². The maximum atomic E-state index is 12.1. The predicted octanol–water partition coefficient (Wildman–Crippen LogP) is 3.42. The third-order valence-electron chi connectivity index (χ3n) is 3.96. The lowest BCUT2D eigenvalue weighted by Gasteiger charge is -2.22. The fraction of sp³-hybridized carbons (Fsp3) is 0.421. The molecule has 0 radical (unpaired) electrons. The minimum atomic E-state index is -0.146. The number of halogens is 1. The van der Waals surface area contributed by atoms with Crippen molar-refractivity contribution in [1.29, 1.82) is 0 Å². The Morgan fingerprint density at radius 3 is 2.32 bits per heavy atom. The summed E-state index contributed by atoms with van der Waals surface area (Å²) in [5, 5.41) is 2.92. The summed E-state index contributed by atoms with van der Waals surface area (Å²) in [7, 11) is 3.92. The highest BCUT2D eigenvalue weighted by molar-refractivity contribution is 5.85. The Balaban J connectivity index is 0.00000312. The van der Waals surface area contributed by atoms with Crippen LogP contribution in [0.3, 0.4) is 0 Å². The van der Waals surface area contributed by atoms with Crippen LogP contribution in [0.5, 0.6) is 5.75 Å². The van der Waals surface area contributed by atoms with Gasteiger partial charge in [0.15, 0.2) is 6.61 Å². The third-order valence-corrected chi connectivity index (χ3v) is 3.96. The molecule has 2 aromatic rings. The molecule has 1 amide bonds. The molecule has 1 heterocycles. The summed E-state index contributed by atoms with van der Waals surface area (Å²) in [6, 6.07) is 9.79. The smallest absolute Gasteiger partial charge is 0.258 e. The van der Waals surface area contributed by atoms with Gasteiger partial charge in [-0.1, -0.05) is 18.2 Å². The van der Waals surface area contributed by atoms with Gasteiger partial charge in [-0.05, 0) is 58.1 Å². The topological polar surface area (TPSA) is 54.7 Å². The second-order valence-electron chi connectivity index (χ2n) is 6.24. The number of nitrogens with one attached hydrogen (secondary N) is 1. The third kappa shape index (κ3) is 5.80. The molecular formula is C19H27ClN2O3. The quantitative estimate of drug-likeness (QED) is 0.815. The van der Waals surface area contributed by atoms with Crippen LogP contribution in [-0.2, 0) is 4.79 Å². The normalized spacial score (nSPS) is 11.8. The number of furan rings is 1. The number of likely N-dealkylation sites (N-methyl/N-ethyl adjacent to an activating group) is 1. The number of rotatable bonds is 7. The highest BCUT2D eigenvalue weighted by atomic mass is 35.5. The molecule has 0 aliphatic heterocycles. The molecule has 5 nitrogen and oxygen atoms in total. The Kier molecular flexibility index (Phi) is 8.00. The predicted molar refractivity (Wildman–Crippen MR) is 102 cm³/mol. The van der Waals surface area contributed by atoms with Crippen molar-refractivity contribution in [2.24, 2.45) is 0 Å². The number of nitrogens with zero attached hydrogens (tertiary/aromatic N) is 1. The first-order valence-corrected chi connectivity index (χ1v) is 8.07. The molecule has 1 N–H and O–H groups in total. The summed E-state index contributed by atoms with van der Waals surface area (Å²) in [6.07, 6.45) is 0. The van der Waals surface area contributed by atoms with E-state index in [0.717, 1.165) is 28.4 Å². The highest BCUT2D eigenvalue weighted by Crippen LogP contribution is 2.22. The molecule has 1 aromatic heterocycles. The van der Waals surface area contributed by atoms with Crippen molar-refractivity contribution in [1.82, 2.24) is 10.2 Å². The van der Waals surface area contributed by atoms with Crippen LogP contribution in [0, 0.1) is 20.8 Å². The van der Waals surface area contributed by atoms with E-state index in [1.54, 1.807) is 0 Å². The molecule has 1 unspecified atom stereocenters. The van der Waals surface area contributed by atoms with Gasteiger partial charge >= 0.3 is 0 Å². The van der Waals surface area contributed by atoms with E-state index >= 15 is 0 Å². The molecule has 25 heavy (non-hydrogen) atoms. The number of amides is 1. The van der Waals surface area contributed by atoms with Gasteiger partial charge in [0.05, 0.1) is 6.04 Å². The fourth-order valence-corrected chi connectivity index (χ4v) is 2.60. The summed E-state index contributed by atoms with van der Waals surface area (Å²) in [6.45, 7) is 6.33. The average Bonchev–Trinajstić information content (AvgIpc) is 2.93. The van der Waals surface area contributed by atoms with Crippen LogP contribution in [-0.4, -0.2) is 38.1 Å². The Bertz CT molecular complexity index is 677. The first-order valence-electron chi connectivity index (χ1n) is 8.07. The molecule has 2 rings (SSSR count). The van der Waals surface area contributed by atoms with Crippen molar-refractivity contribution >= 4 is 18.3 Å². The largest absolute Gasteiger partial charge is 0.483 e. The van der Waals surface area contributed by atoms with Crippen molar-refractivity contribution in [3.8, 4) is 5.75 Å². The monoisotopic (exact) mass is 366 g/mol. The summed E-state index contributed by atoms with van der Waals surface area (Å²) in [5.41, 5.74) is 2.06. The SMILES string of the molecule is Cc1ccc(C(CNC(=O)COc2c(C)cccc2C)N(C)C)o1.Cl. The molecule has 1 atom stereocenters. The zero-order valence-electron chi connectivity index (χ0n) is 15.5. The van der Waals surface area contributed by atoms with Gasteiger partial charge in [-0.25, -0.2) is 0 Å². The van der Waals surface area contributed by atoms with E-state index in [4.69, 9.17) is 9.15 Å². The van der Waals surface area contributed by atoms with Crippen LogP contribution in [0.1, 0.15) is 28.7 Å². The van der Waals surface area contributed by atoms with Crippen LogP contribution in [0.15, 0.2) is 34.7 Å². The second-order valence-corrected chi connectivity index (χ2v) is 6.24. The molecule has 0 aliphatic rings. The van der Waals surface area contributed by atoms with Gasteiger partial charge in [0.25, 0.3) is 5.91 Å². The maximum absolute atomic E-state index is 12.1. The van der Waals surface area contributed by atoms with Gasteiger partial charge in [0, 0.05) is 6.54 Å². The molecule has 6 heteroatoms. The molecule has 0 bridgehead atoms. The Morgan fingerprint density at radius 2 is 1.80 bits per heavy atom. The van der Waals surface area contributed by atoms with Crippen LogP contribution in [0.4, 0.5) is 0 Å². The van der Waals surface area contributed by atoms with Crippen molar-refractivity contribution < 1.29 is 13.9 Å². The summed E-state index contributed by atoms with van der Waals surface area (Å²) >= 11 is 0. The molecule has 0 aliphatic carbocycles. The second kappa shape index (κ2) is 9.49. The first kappa shape index (κ1) is 21.1. The standard InChI is InChI=1S/C19H26N2O3.ClH/c1-13-7-6-8-14(2)19(13)23-12-18(22)20-11-16(21(4)5)17-10-9-15(3)24-17;/h6-10,16H,11-12H2,1-5H3,(H,20,22);1H. The highest BCUT2D eigenvalue weighted by Gasteiger charge is 2.18. The zero-order chi connectivity index (χ0) is 17.7. The van der Waals surface area contributed by atoms with E-state index in [2.05, 4.69) is 5.32 Å². The molecule has 0 saturated carbocycles. The molecule has 0 fully saturated rings. The summed E-state index contributed by atoms with van der Waals surface area (Å²) in [4.78, 5) is 14.1. The molecule has 0 saturated heterocycles. The van der Waals surface area contributed by atoms with Crippen molar-refractivity contribution in [3.63, 3.8) is 0 Å². The average molecular weight is 367 g/mol.